The second-order valence-corrected chi connectivity index (χ2v) is 11.0. The molecule has 1 unspecified atom stereocenters. The van der Waals surface area contributed by atoms with E-state index >= 15 is 0 Å². The van der Waals surface area contributed by atoms with E-state index in [9.17, 15) is 14.4 Å². The smallest absolute Gasteiger partial charge is 0.248 e. The Bertz CT molecular complexity index is 925. The van der Waals surface area contributed by atoms with Crippen LogP contribution >= 0.6 is 0 Å². The van der Waals surface area contributed by atoms with Crippen molar-refractivity contribution in [3.63, 3.8) is 0 Å². The van der Waals surface area contributed by atoms with E-state index in [1.54, 1.807) is 12.3 Å². The number of amides is 3. The molecule has 180 valence electrons. The lowest BCUT2D eigenvalue weighted by Gasteiger charge is -2.34. The molecule has 3 heterocycles. The maximum absolute atomic E-state index is 13.3. The van der Waals surface area contributed by atoms with Crippen LogP contribution in [-0.2, 0) is 24.5 Å². The van der Waals surface area contributed by atoms with E-state index in [0.717, 1.165) is 31.2 Å². The van der Waals surface area contributed by atoms with E-state index in [1.165, 1.54) is 0 Å². The van der Waals surface area contributed by atoms with Crippen molar-refractivity contribution in [2.24, 2.45) is 17.3 Å². The normalized spacial score (nSPS) is 25.2. The summed E-state index contributed by atoms with van der Waals surface area (Å²) in [5, 5.41) is 8.87. The molecule has 8 heteroatoms. The zero-order valence-electron chi connectivity index (χ0n) is 20.1. The van der Waals surface area contributed by atoms with Gasteiger partial charge in [0.2, 0.25) is 17.7 Å². The lowest BCUT2D eigenvalue weighted by molar-refractivity contribution is -0.133. The van der Waals surface area contributed by atoms with Gasteiger partial charge in [-0.15, -0.1) is 0 Å². The monoisotopic (exact) mass is 456 g/mol. The van der Waals surface area contributed by atoms with Crippen LogP contribution in [-0.4, -0.2) is 42.0 Å². The number of rotatable bonds is 4. The second-order valence-electron chi connectivity index (χ2n) is 11.0. The van der Waals surface area contributed by atoms with Crippen LogP contribution < -0.4 is 16.0 Å². The van der Waals surface area contributed by atoms with Crippen LogP contribution in [0.5, 0.6) is 0 Å². The standard InChI is InChI=1S/C25H36N4O4/c1-15-5-7-16(8-6-15)20(29-22(31)24(2,3)4)21(30)28-19-13-18-17(14-26-19)25(23(32)27-18)9-11-33-12-10-25/h13-16,20H,5-12H2,1-4H3,(H,27,32)(H,29,31)(H,26,28,30). The summed E-state index contributed by atoms with van der Waals surface area (Å²) in [5.74, 6) is 0.677. The van der Waals surface area contributed by atoms with E-state index in [0.29, 0.717) is 43.5 Å². The molecule has 0 radical (unpaired) electrons. The third kappa shape index (κ3) is 4.76. The molecule has 1 aromatic rings. The van der Waals surface area contributed by atoms with Gasteiger partial charge >= 0.3 is 0 Å². The first-order valence-corrected chi connectivity index (χ1v) is 12.1. The number of ether oxygens (including phenoxy) is 1. The number of nitrogens with zero attached hydrogens (tertiary/aromatic N) is 1. The molecule has 8 nitrogen and oxygen atoms in total. The predicted octanol–water partition coefficient (Wildman–Crippen LogP) is 3.38. The second kappa shape index (κ2) is 9.05. The number of anilines is 2. The highest BCUT2D eigenvalue weighted by atomic mass is 16.5. The summed E-state index contributed by atoms with van der Waals surface area (Å²) in [6.07, 6.45) is 6.85. The summed E-state index contributed by atoms with van der Waals surface area (Å²) >= 11 is 0. The topological polar surface area (TPSA) is 109 Å². The van der Waals surface area contributed by atoms with Crippen molar-refractivity contribution >= 4 is 29.2 Å². The Hall–Kier alpha value is -2.48. The summed E-state index contributed by atoms with van der Waals surface area (Å²) in [6.45, 7) is 8.85. The number of carbonyl (C=O) groups is 3. The molecule has 3 N–H and O–H groups in total. The van der Waals surface area contributed by atoms with Gasteiger partial charge in [-0.2, -0.15) is 0 Å². The van der Waals surface area contributed by atoms with Crippen molar-refractivity contribution in [1.29, 1.82) is 0 Å². The lowest BCUT2D eigenvalue weighted by Crippen LogP contribution is -2.52. The number of nitrogens with one attached hydrogen (secondary N) is 3. The number of hydrogen-bond acceptors (Lipinski definition) is 5. The van der Waals surface area contributed by atoms with Gasteiger partial charge in [-0.3, -0.25) is 14.4 Å². The fourth-order valence-electron chi connectivity index (χ4n) is 5.17. The quantitative estimate of drug-likeness (QED) is 0.644. The summed E-state index contributed by atoms with van der Waals surface area (Å²) in [5.41, 5.74) is 0.376. The minimum Gasteiger partial charge on any atom is -0.381 e. The first-order chi connectivity index (χ1) is 15.6. The van der Waals surface area contributed by atoms with Gasteiger partial charge in [0.25, 0.3) is 0 Å². The van der Waals surface area contributed by atoms with Crippen LogP contribution in [0.3, 0.4) is 0 Å². The molecule has 1 saturated heterocycles. The third-order valence-corrected chi connectivity index (χ3v) is 7.48. The summed E-state index contributed by atoms with van der Waals surface area (Å²) in [6, 6.07) is 1.11. The van der Waals surface area contributed by atoms with Crippen molar-refractivity contribution < 1.29 is 19.1 Å². The van der Waals surface area contributed by atoms with Gasteiger partial charge in [0.05, 0.1) is 11.1 Å². The molecule has 1 saturated carbocycles. The van der Waals surface area contributed by atoms with Gasteiger partial charge in [0.1, 0.15) is 11.9 Å². The van der Waals surface area contributed by atoms with Crippen LogP contribution in [0.25, 0.3) is 0 Å². The van der Waals surface area contributed by atoms with Crippen LogP contribution in [0.2, 0.25) is 0 Å². The summed E-state index contributed by atoms with van der Waals surface area (Å²) in [4.78, 5) is 43.3. The third-order valence-electron chi connectivity index (χ3n) is 7.48. The zero-order valence-corrected chi connectivity index (χ0v) is 20.1. The molecule has 0 aromatic carbocycles. The molecule has 3 amide bonds. The van der Waals surface area contributed by atoms with Crippen molar-refractivity contribution in [2.75, 3.05) is 23.8 Å². The zero-order chi connectivity index (χ0) is 23.8. The van der Waals surface area contributed by atoms with E-state index in [1.807, 2.05) is 20.8 Å². The van der Waals surface area contributed by atoms with Crippen molar-refractivity contribution in [2.45, 2.75) is 77.7 Å². The predicted molar refractivity (Wildman–Crippen MR) is 126 cm³/mol. The maximum atomic E-state index is 13.3. The van der Waals surface area contributed by atoms with Crippen molar-refractivity contribution in [3.8, 4) is 0 Å². The van der Waals surface area contributed by atoms with Crippen LogP contribution in [0.1, 0.15) is 71.8 Å². The van der Waals surface area contributed by atoms with Gasteiger partial charge in [-0.25, -0.2) is 4.98 Å². The number of pyridine rings is 1. The van der Waals surface area contributed by atoms with Gasteiger partial charge in [0, 0.05) is 36.5 Å². The highest BCUT2D eigenvalue weighted by Gasteiger charge is 2.48. The molecule has 0 bridgehead atoms. The largest absolute Gasteiger partial charge is 0.381 e. The van der Waals surface area contributed by atoms with Crippen molar-refractivity contribution in [3.05, 3.63) is 17.8 Å². The van der Waals surface area contributed by atoms with Crippen LogP contribution in [0, 0.1) is 17.3 Å². The highest BCUT2D eigenvalue weighted by molar-refractivity contribution is 6.07. The number of fused-ring (bicyclic) bond motifs is 2. The molecule has 1 aliphatic carbocycles. The molecule has 2 fully saturated rings. The van der Waals surface area contributed by atoms with Gasteiger partial charge in [-0.05, 0) is 37.5 Å². The first kappa shape index (κ1) is 23.7. The average Bonchev–Trinajstić information content (AvgIpc) is 3.02. The number of hydrogen-bond donors (Lipinski definition) is 3. The number of carbonyl (C=O) groups excluding carboxylic acids is 3. The first-order valence-electron chi connectivity index (χ1n) is 12.1. The van der Waals surface area contributed by atoms with Crippen LogP contribution in [0.15, 0.2) is 12.3 Å². The maximum Gasteiger partial charge on any atom is 0.248 e. The Morgan fingerprint density at radius 3 is 2.48 bits per heavy atom. The molecular formula is C25H36N4O4. The van der Waals surface area contributed by atoms with Gasteiger partial charge in [-0.1, -0.05) is 40.5 Å². The Labute approximate surface area is 195 Å². The van der Waals surface area contributed by atoms with Crippen LogP contribution in [0.4, 0.5) is 11.5 Å². The van der Waals surface area contributed by atoms with Gasteiger partial charge in [0.15, 0.2) is 0 Å². The summed E-state index contributed by atoms with van der Waals surface area (Å²) < 4.78 is 5.45. The lowest BCUT2D eigenvalue weighted by atomic mass is 9.76. The summed E-state index contributed by atoms with van der Waals surface area (Å²) in [7, 11) is 0. The Morgan fingerprint density at radius 2 is 1.85 bits per heavy atom. The molecule has 1 aromatic heterocycles. The molecule has 1 atom stereocenters. The van der Waals surface area contributed by atoms with E-state index in [4.69, 9.17) is 4.74 Å². The van der Waals surface area contributed by atoms with E-state index < -0.39 is 16.9 Å². The van der Waals surface area contributed by atoms with Gasteiger partial charge < -0.3 is 20.7 Å². The minimum absolute atomic E-state index is 0.0299. The fourth-order valence-corrected chi connectivity index (χ4v) is 5.17. The molecule has 4 rings (SSSR count). The Balaban J connectivity index is 1.52. The SMILES string of the molecule is CC1CCC(C(NC(=O)C(C)(C)C)C(=O)Nc2cc3c(cn2)C2(CCOCC2)C(=O)N3)CC1. The van der Waals surface area contributed by atoms with E-state index in [2.05, 4.69) is 27.9 Å². The van der Waals surface area contributed by atoms with Crippen molar-refractivity contribution in [1.82, 2.24) is 10.3 Å². The molecular weight excluding hydrogens is 420 g/mol. The fraction of sp³-hybridized carbons (Fsp3) is 0.680. The molecule has 3 aliphatic rings. The Morgan fingerprint density at radius 1 is 1.18 bits per heavy atom. The highest BCUT2D eigenvalue weighted by Crippen LogP contribution is 2.44. The number of aromatic nitrogens is 1. The minimum atomic E-state index is -0.615. The molecule has 2 aliphatic heterocycles. The van der Waals surface area contributed by atoms with E-state index in [-0.39, 0.29) is 23.6 Å². The molecule has 1 spiro atoms. The molecule has 33 heavy (non-hydrogen) atoms. The average molecular weight is 457 g/mol. The Kier molecular flexibility index (Phi) is 6.49.